The molecule has 2 aromatic heterocycles. The van der Waals surface area contributed by atoms with Gasteiger partial charge < -0.3 is 9.52 Å². The maximum atomic E-state index is 10.9. The summed E-state index contributed by atoms with van der Waals surface area (Å²) in [5, 5.41) is 17.1. The molecule has 1 N–H and O–H groups in total. The summed E-state index contributed by atoms with van der Waals surface area (Å²) in [5.74, 6) is 0.281. The molecule has 6 nitrogen and oxygen atoms in total. The largest absolute Gasteiger partial charge is 0.481 e. The Bertz CT molecular complexity index is 642. The van der Waals surface area contributed by atoms with Gasteiger partial charge in [0.1, 0.15) is 0 Å². The van der Waals surface area contributed by atoms with Crippen LogP contribution < -0.4 is 0 Å². The highest BCUT2D eigenvalue weighted by Crippen LogP contribution is 2.31. The number of aliphatic carboxylic acids is 1. The van der Waals surface area contributed by atoms with E-state index in [1.165, 1.54) is 11.3 Å². The number of nitrogens with zero attached hydrogens (tertiary/aromatic N) is 3. The second kappa shape index (κ2) is 6.25. The fraction of sp³-hybridized carbons (Fsp3) is 0.462. The molecule has 3 rings (SSSR count). The van der Waals surface area contributed by atoms with Crippen molar-refractivity contribution in [3.8, 4) is 10.8 Å². The topological polar surface area (TPSA) is 79.5 Å². The van der Waals surface area contributed by atoms with Crippen LogP contribution in [0.25, 0.3) is 10.8 Å². The van der Waals surface area contributed by atoms with E-state index in [1.54, 1.807) is 0 Å². The molecule has 1 atom stereocenters. The van der Waals surface area contributed by atoms with Gasteiger partial charge in [-0.05, 0) is 47.4 Å². The monoisotopic (exact) mass is 371 g/mol. The van der Waals surface area contributed by atoms with E-state index < -0.39 is 5.97 Å². The lowest BCUT2D eigenvalue weighted by Gasteiger charge is -2.20. The summed E-state index contributed by atoms with van der Waals surface area (Å²) >= 11 is 4.94. The van der Waals surface area contributed by atoms with Crippen LogP contribution in [0.5, 0.6) is 0 Å². The van der Waals surface area contributed by atoms with Gasteiger partial charge >= 0.3 is 5.97 Å². The molecule has 1 fully saturated rings. The smallest absolute Gasteiger partial charge is 0.304 e. The number of carboxylic acid groups (broad SMARTS) is 1. The van der Waals surface area contributed by atoms with E-state index in [4.69, 9.17) is 9.52 Å². The van der Waals surface area contributed by atoms with Crippen LogP contribution in [-0.2, 0) is 11.3 Å². The summed E-state index contributed by atoms with van der Waals surface area (Å²) in [6, 6.07) is 3.93. The standard InChI is InChI=1S/C13H14BrN3O3S/c14-10-4-3-9(21-10)13-16-15-11(20-13)7-17-5-1-2-8(17)6-12(18)19/h3-4,8H,1-2,5-7H2,(H,18,19). The minimum absolute atomic E-state index is 0.0636. The van der Waals surface area contributed by atoms with Gasteiger partial charge in [0.15, 0.2) is 0 Å². The molecule has 1 saturated heterocycles. The zero-order valence-corrected chi connectivity index (χ0v) is 13.6. The number of likely N-dealkylation sites (tertiary alicyclic amines) is 1. The number of rotatable bonds is 5. The van der Waals surface area contributed by atoms with Crippen molar-refractivity contribution in [2.75, 3.05) is 6.54 Å². The molecule has 8 heteroatoms. The molecule has 0 amide bonds. The molecule has 1 aliphatic heterocycles. The van der Waals surface area contributed by atoms with Gasteiger partial charge in [-0.15, -0.1) is 21.5 Å². The molecule has 0 bridgehead atoms. The molecule has 2 aromatic rings. The van der Waals surface area contributed by atoms with E-state index in [-0.39, 0.29) is 12.5 Å². The Morgan fingerprint density at radius 3 is 3.10 bits per heavy atom. The highest BCUT2D eigenvalue weighted by Gasteiger charge is 2.28. The molecule has 0 aliphatic carbocycles. The van der Waals surface area contributed by atoms with E-state index in [0.717, 1.165) is 28.0 Å². The fourth-order valence-electron chi connectivity index (χ4n) is 2.56. The van der Waals surface area contributed by atoms with E-state index >= 15 is 0 Å². The Balaban J connectivity index is 1.68. The predicted octanol–water partition coefficient (Wildman–Crippen LogP) is 3.00. The van der Waals surface area contributed by atoms with Gasteiger partial charge in [0.25, 0.3) is 5.89 Å². The second-order valence-corrected chi connectivity index (χ2v) is 7.43. The van der Waals surface area contributed by atoms with Gasteiger partial charge in [-0.25, -0.2) is 0 Å². The molecule has 21 heavy (non-hydrogen) atoms. The van der Waals surface area contributed by atoms with Crippen LogP contribution in [0.15, 0.2) is 20.3 Å². The summed E-state index contributed by atoms with van der Waals surface area (Å²) < 4.78 is 6.69. The van der Waals surface area contributed by atoms with Gasteiger partial charge in [0.2, 0.25) is 5.89 Å². The van der Waals surface area contributed by atoms with Gasteiger partial charge in [0, 0.05) is 6.04 Å². The van der Waals surface area contributed by atoms with Gasteiger partial charge in [-0.1, -0.05) is 0 Å². The third-order valence-electron chi connectivity index (χ3n) is 3.50. The van der Waals surface area contributed by atoms with Gasteiger partial charge in [-0.2, -0.15) is 0 Å². The van der Waals surface area contributed by atoms with Crippen LogP contribution in [-0.4, -0.2) is 38.8 Å². The van der Waals surface area contributed by atoms with Crippen molar-refractivity contribution < 1.29 is 14.3 Å². The van der Waals surface area contributed by atoms with E-state index in [2.05, 4.69) is 31.0 Å². The van der Waals surface area contributed by atoms with Crippen molar-refractivity contribution in [2.24, 2.45) is 0 Å². The lowest BCUT2D eigenvalue weighted by Crippen LogP contribution is -2.30. The number of carboxylic acids is 1. The molecule has 0 saturated carbocycles. The number of aromatic nitrogens is 2. The minimum Gasteiger partial charge on any atom is -0.481 e. The molecular weight excluding hydrogens is 358 g/mol. The summed E-state index contributed by atoms with van der Waals surface area (Å²) in [6.45, 7) is 1.39. The van der Waals surface area contributed by atoms with Crippen molar-refractivity contribution in [1.82, 2.24) is 15.1 Å². The zero-order chi connectivity index (χ0) is 14.8. The number of thiophene rings is 1. The first-order valence-corrected chi connectivity index (χ1v) is 8.26. The van der Waals surface area contributed by atoms with E-state index in [0.29, 0.717) is 18.3 Å². The molecule has 0 spiro atoms. The molecule has 0 radical (unpaired) electrons. The van der Waals surface area contributed by atoms with Crippen LogP contribution >= 0.6 is 27.3 Å². The van der Waals surface area contributed by atoms with Gasteiger partial charge in [0.05, 0.1) is 21.6 Å². The minimum atomic E-state index is -0.762. The first-order valence-electron chi connectivity index (χ1n) is 6.66. The summed E-state index contributed by atoms with van der Waals surface area (Å²) in [6.07, 6.45) is 2.08. The van der Waals surface area contributed by atoms with Crippen LogP contribution in [0.4, 0.5) is 0 Å². The maximum absolute atomic E-state index is 10.9. The second-order valence-electron chi connectivity index (χ2n) is 4.97. The van der Waals surface area contributed by atoms with Crippen molar-refractivity contribution >= 4 is 33.2 Å². The average molecular weight is 372 g/mol. The summed E-state index contributed by atoms with van der Waals surface area (Å²) in [5.41, 5.74) is 0. The van der Waals surface area contributed by atoms with Crippen LogP contribution in [0.3, 0.4) is 0 Å². The first-order chi connectivity index (χ1) is 10.1. The first kappa shape index (κ1) is 14.7. The fourth-order valence-corrected chi connectivity index (χ4v) is 3.86. The number of hydrogen-bond donors (Lipinski definition) is 1. The number of hydrogen-bond acceptors (Lipinski definition) is 6. The normalized spacial score (nSPS) is 19.2. The highest BCUT2D eigenvalue weighted by atomic mass is 79.9. The third-order valence-corrected chi connectivity index (χ3v) is 5.11. The van der Waals surface area contributed by atoms with Crippen molar-refractivity contribution in [1.29, 1.82) is 0 Å². The Morgan fingerprint density at radius 2 is 2.38 bits per heavy atom. The molecular formula is C13H14BrN3O3S. The van der Waals surface area contributed by atoms with E-state index in [9.17, 15) is 4.79 Å². The SMILES string of the molecule is O=C(O)CC1CCCN1Cc1nnc(-c2ccc(Br)s2)o1. The Morgan fingerprint density at radius 1 is 1.52 bits per heavy atom. The van der Waals surface area contributed by atoms with Crippen molar-refractivity contribution in [3.63, 3.8) is 0 Å². The predicted molar refractivity (Wildman–Crippen MR) is 81.0 cm³/mol. The summed E-state index contributed by atoms with van der Waals surface area (Å²) in [7, 11) is 0. The highest BCUT2D eigenvalue weighted by molar-refractivity contribution is 9.11. The molecule has 1 aliphatic rings. The van der Waals surface area contributed by atoms with Crippen molar-refractivity contribution in [2.45, 2.75) is 31.8 Å². The Hall–Kier alpha value is -1.25. The third kappa shape index (κ3) is 3.50. The van der Waals surface area contributed by atoms with Crippen LogP contribution in [0.1, 0.15) is 25.2 Å². The molecule has 112 valence electrons. The number of carbonyl (C=O) groups is 1. The van der Waals surface area contributed by atoms with Gasteiger partial charge in [-0.3, -0.25) is 9.69 Å². The Kier molecular flexibility index (Phi) is 4.37. The van der Waals surface area contributed by atoms with E-state index in [1.807, 2.05) is 12.1 Å². The molecule has 1 unspecified atom stereocenters. The molecule has 0 aromatic carbocycles. The van der Waals surface area contributed by atoms with Crippen molar-refractivity contribution in [3.05, 3.63) is 21.8 Å². The lowest BCUT2D eigenvalue weighted by molar-refractivity contribution is -0.138. The Labute approximate surface area is 133 Å². The zero-order valence-electron chi connectivity index (χ0n) is 11.2. The number of halogens is 1. The summed E-state index contributed by atoms with van der Waals surface area (Å²) in [4.78, 5) is 13.9. The molecule has 3 heterocycles. The average Bonchev–Trinajstić information content (AvgIpc) is 3.12. The van der Waals surface area contributed by atoms with Crippen LogP contribution in [0, 0.1) is 0 Å². The quantitative estimate of drug-likeness (QED) is 0.869. The van der Waals surface area contributed by atoms with Crippen LogP contribution in [0.2, 0.25) is 0 Å². The maximum Gasteiger partial charge on any atom is 0.304 e. The lowest BCUT2D eigenvalue weighted by atomic mass is 10.1.